The molecule has 4 aliphatic rings. The molecule has 0 radical (unpaired) electrons. The predicted octanol–water partition coefficient (Wildman–Crippen LogP) is 4.34. The number of nitrogens with one attached hydrogen (secondary N) is 1. The molecule has 2 aliphatic heterocycles. The molecule has 6 heteroatoms. The number of carbonyl (C=O) groups is 1. The zero-order valence-corrected chi connectivity index (χ0v) is 20.1. The third kappa shape index (κ3) is 2.46. The van der Waals surface area contributed by atoms with Crippen molar-refractivity contribution >= 4 is 16.8 Å². The van der Waals surface area contributed by atoms with Crippen LogP contribution in [0.1, 0.15) is 47.8 Å². The molecule has 1 saturated carbocycles. The summed E-state index contributed by atoms with van der Waals surface area (Å²) in [5, 5.41) is 14.1. The van der Waals surface area contributed by atoms with Crippen LogP contribution in [0.15, 0.2) is 49.1 Å². The van der Waals surface area contributed by atoms with E-state index in [0.29, 0.717) is 30.9 Å². The number of aromatic nitrogens is 1. The second-order valence-corrected chi connectivity index (χ2v) is 10.7. The molecule has 1 saturated heterocycles. The van der Waals surface area contributed by atoms with Gasteiger partial charge in [0.1, 0.15) is 5.60 Å². The van der Waals surface area contributed by atoms with Gasteiger partial charge in [0.05, 0.1) is 24.3 Å². The number of carbonyl (C=O) groups excluding carboxylic acids is 1. The van der Waals surface area contributed by atoms with E-state index in [0.717, 1.165) is 46.1 Å². The van der Waals surface area contributed by atoms with Crippen molar-refractivity contribution < 1.29 is 19.4 Å². The standard InChI is InChI=1S/C29H30N2O4/c1-4-22-29(33)15-19-18-7-5-6-8-20(18)30-24(19)26-28(29,13-14-31(22)27(32)17-10-11-17)23-16(2)9-12-21(34-3)25(23)35-26/h4-9,12,17,22,26,30,33H,1,10-11,13-15H2,2-3H3/t22-,26+,28+,29-/m1/s1. The van der Waals surface area contributed by atoms with Gasteiger partial charge in [0, 0.05) is 35.3 Å². The normalized spacial score (nSPS) is 30.7. The molecule has 4 atom stereocenters. The van der Waals surface area contributed by atoms with Gasteiger partial charge in [0.2, 0.25) is 5.91 Å². The molecule has 3 aromatic rings. The molecular weight excluding hydrogens is 440 g/mol. The number of likely N-dealkylation sites (tertiary alicyclic amines) is 1. The van der Waals surface area contributed by atoms with Crippen molar-refractivity contribution in [2.24, 2.45) is 5.92 Å². The van der Waals surface area contributed by atoms with Gasteiger partial charge in [-0.15, -0.1) is 6.58 Å². The molecule has 1 amide bonds. The minimum atomic E-state index is -1.29. The number of nitrogens with zero attached hydrogens (tertiary/aromatic N) is 1. The van der Waals surface area contributed by atoms with Crippen LogP contribution in [0.2, 0.25) is 0 Å². The van der Waals surface area contributed by atoms with E-state index in [-0.39, 0.29) is 11.8 Å². The Hall–Kier alpha value is -3.25. The lowest BCUT2D eigenvalue weighted by molar-refractivity contribution is -0.170. The molecule has 1 aromatic heterocycles. The maximum absolute atomic E-state index is 13.4. The summed E-state index contributed by atoms with van der Waals surface area (Å²) in [4.78, 5) is 18.9. The van der Waals surface area contributed by atoms with E-state index in [9.17, 15) is 9.90 Å². The number of rotatable bonds is 3. The Bertz CT molecular complexity index is 1410. The summed E-state index contributed by atoms with van der Waals surface area (Å²) < 4.78 is 12.5. The number of benzene rings is 2. The quantitative estimate of drug-likeness (QED) is 0.559. The highest BCUT2D eigenvalue weighted by atomic mass is 16.5. The number of amides is 1. The van der Waals surface area contributed by atoms with Gasteiger partial charge in [0.15, 0.2) is 17.6 Å². The largest absolute Gasteiger partial charge is 0.493 e. The van der Waals surface area contributed by atoms with Crippen LogP contribution in [0.4, 0.5) is 0 Å². The third-order valence-corrected chi connectivity index (χ3v) is 9.01. The Labute approximate surface area is 204 Å². The van der Waals surface area contributed by atoms with Gasteiger partial charge in [-0.25, -0.2) is 0 Å². The molecule has 2 fully saturated rings. The fourth-order valence-electron chi connectivity index (χ4n) is 7.32. The second-order valence-electron chi connectivity index (χ2n) is 10.7. The molecule has 180 valence electrons. The van der Waals surface area contributed by atoms with Gasteiger partial charge in [-0.2, -0.15) is 0 Å². The van der Waals surface area contributed by atoms with Crippen LogP contribution in [0, 0.1) is 12.8 Å². The van der Waals surface area contributed by atoms with Crippen molar-refractivity contribution in [3.05, 3.63) is 71.4 Å². The number of H-pyrrole nitrogens is 1. The highest BCUT2D eigenvalue weighted by Crippen LogP contribution is 2.67. The van der Waals surface area contributed by atoms with Crippen LogP contribution >= 0.6 is 0 Å². The minimum absolute atomic E-state index is 0.0760. The number of hydrogen-bond acceptors (Lipinski definition) is 4. The van der Waals surface area contributed by atoms with E-state index < -0.39 is 23.2 Å². The monoisotopic (exact) mass is 470 g/mol. The van der Waals surface area contributed by atoms with E-state index in [1.807, 2.05) is 29.2 Å². The number of methoxy groups -OCH3 is 1. The van der Waals surface area contributed by atoms with Crippen molar-refractivity contribution in [1.82, 2.24) is 9.88 Å². The summed E-state index contributed by atoms with van der Waals surface area (Å²) in [5.41, 5.74) is 3.12. The summed E-state index contributed by atoms with van der Waals surface area (Å²) in [6.07, 6.45) is 4.24. The van der Waals surface area contributed by atoms with Crippen LogP contribution in [-0.2, 0) is 16.6 Å². The summed E-state index contributed by atoms with van der Waals surface area (Å²) in [6, 6.07) is 11.7. The minimum Gasteiger partial charge on any atom is -0.493 e. The van der Waals surface area contributed by atoms with Crippen molar-refractivity contribution in [3.63, 3.8) is 0 Å². The van der Waals surface area contributed by atoms with Crippen LogP contribution in [0.25, 0.3) is 10.9 Å². The fourth-order valence-corrected chi connectivity index (χ4v) is 7.32. The number of aromatic amines is 1. The maximum atomic E-state index is 13.4. The van der Waals surface area contributed by atoms with Gasteiger partial charge in [-0.3, -0.25) is 4.79 Å². The first-order valence-corrected chi connectivity index (χ1v) is 12.5. The molecule has 0 bridgehead atoms. The molecule has 2 aromatic carbocycles. The number of aliphatic hydroxyl groups is 1. The topological polar surface area (TPSA) is 74.8 Å². The number of aryl methyl sites for hydroxylation is 1. The average molecular weight is 471 g/mol. The van der Waals surface area contributed by atoms with Gasteiger partial charge >= 0.3 is 0 Å². The first-order valence-electron chi connectivity index (χ1n) is 12.5. The molecule has 2 aliphatic carbocycles. The van der Waals surface area contributed by atoms with Crippen molar-refractivity contribution in [2.75, 3.05) is 13.7 Å². The van der Waals surface area contributed by atoms with Crippen molar-refractivity contribution in [2.45, 2.75) is 55.8 Å². The van der Waals surface area contributed by atoms with E-state index in [2.05, 4.69) is 30.6 Å². The maximum Gasteiger partial charge on any atom is 0.226 e. The van der Waals surface area contributed by atoms with Crippen molar-refractivity contribution in [3.8, 4) is 11.5 Å². The number of fused-ring (bicyclic) bond motifs is 5. The lowest BCUT2D eigenvalue weighted by Gasteiger charge is -2.59. The van der Waals surface area contributed by atoms with Gasteiger partial charge in [-0.05, 0) is 49.4 Å². The predicted molar refractivity (Wildman–Crippen MR) is 133 cm³/mol. The lowest BCUT2D eigenvalue weighted by atomic mass is 9.52. The van der Waals surface area contributed by atoms with Crippen LogP contribution in [0.3, 0.4) is 0 Å². The summed E-state index contributed by atoms with van der Waals surface area (Å²) in [6.45, 7) is 6.76. The Balaban J connectivity index is 1.52. The first kappa shape index (κ1) is 21.1. The van der Waals surface area contributed by atoms with E-state index in [1.54, 1.807) is 13.2 Å². The van der Waals surface area contributed by atoms with Crippen LogP contribution in [-0.4, -0.2) is 46.2 Å². The number of ether oxygens (including phenoxy) is 2. The van der Waals surface area contributed by atoms with Gasteiger partial charge < -0.3 is 24.5 Å². The highest BCUT2D eigenvalue weighted by Gasteiger charge is 2.71. The Morgan fingerprint density at radius 1 is 1.29 bits per heavy atom. The number of para-hydroxylation sites is 1. The molecule has 35 heavy (non-hydrogen) atoms. The molecule has 2 N–H and O–H groups in total. The Kier molecular flexibility index (Phi) is 4.16. The first-order chi connectivity index (χ1) is 16.9. The zero-order chi connectivity index (χ0) is 24.1. The summed E-state index contributed by atoms with van der Waals surface area (Å²) >= 11 is 0. The zero-order valence-electron chi connectivity index (χ0n) is 20.1. The van der Waals surface area contributed by atoms with Gasteiger partial charge in [0.25, 0.3) is 0 Å². The van der Waals surface area contributed by atoms with Crippen molar-refractivity contribution in [1.29, 1.82) is 0 Å². The van der Waals surface area contributed by atoms with Crippen LogP contribution < -0.4 is 9.47 Å². The highest BCUT2D eigenvalue weighted by molar-refractivity contribution is 5.87. The second kappa shape index (κ2) is 6.91. The molecule has 3 heterocycles. The van der Waals surface area contributed by atoms with Crippen LogP contribution in [0.5, 0.6) is 11.5 Å². The molecular formula is C29H30N2O4. The fraction of sp³-hybridized carbons (Fsp3) is 0.414. The molecule has 0 unspecified atom stereocenters. The summed E-state index contributed by atoms with van der Waals surface area (Å²) in [7, 11) is 1.65. The van der Waals surface area contributed by atoms with E-state index >= 15 is 0 Å². The molecule has 1 spiro atoms. The number of piperidine rings is 1. The number of hydrogen-bond donors (Lipinski definition) is 2. The Morgan fingerprint density at radius 2 is 2.09 bits per heavy atom. The third-order valence-electron chi connectivity index (χ3n) is 9.01. The lowest BCUT2D eigenvalue weighted by Crippen LogP contribution is -2.72. The Morgan fingerprint density at radius 3 is 2.83 bits per heavy atom. The van der Waals surface area contributed by atoms with E-state index in [4.69, 9.17) is 9.47 Å². The van der Waals surface area contributed by atoms with E-state index in [1.165, 1.54) is 0 Å². The SMILES string of the molecule is C=C[C@H]1N(C(=O)C2CC2)CC[C@]23c4c(C)ccc(OC)c4O[C@H]2c2[nH]c4ccccc4c2C[C@@]13O. The average Bonchev–Trinajstić information content (AvgIpc) is 3.56. The molecule has 7 rings (SSSR count). The van der Waals surface area contributed by atoms with Gasteiger partial charge in [-0.1, -0.05) is 30.3 Å². The summed E-state index contributed by atoms with van der Waals surface area (Å²) in [5.74, 6) is 1.58. The molecule has 6 nitrogen and oxygen atoms in total. The smallest absolute Gasteiger partial charge is 0.226 e.